The smallest absolute Gasteiger partial charge is 0.135 e. The van der Waals surface area contributed by atoms with Gasteiger partial charge in [0, 0.05) is 24.9 Å². The van der Waals surface area contributed by atoms with Crippen molar-refractivity contribution in [2.75, 3.05) is 26.7 Å². The number of aliphatic imine (C=N–C) groups is 1. The molecule has 0 aromatic rings. The molecule has 2 aliphatic rings. The first-order valence-corrected chi connectivity index (χ1v) is 9.03. The highest BCUT2D eigenvalue weighted by molar-refractivity contribution is 6.03. The maximum atomic E-state index is 4.72. The van der Waals surface area contributed by atoms with Crippen molar-refractivity contribution in [1.82, 2.24) is 10.2 Å². The first-order chi connectivity index (χ1) is 11.1. The molecule has 2 rings (SSSR count). The molecule has 23 heavy (non-hydrogen) atoms. The second-order valence-corrected chi connectivity index (χ2v) is 7.11. The normalized spacial score (nSPS) is 20.2. The summed E-state index contributed by atoms with van der Waals surface area (Å²) < 4.78 is 0. The number of nitrogens with zero attached hydrogens (tertiary/aromatic N) is 2. The minimum Gasteiger partial charge on any atom is -0.356 e. The molecule has 1 heterocycles. The standard InChI is InChI=1S/C20H33N3/c1-6-22-20(23-12-10-17(11-13-23)14-21-5)19(15(2)3)18-9-7-8-16(18)4/h6,17,21H,1,7-14H2,2-5H3. The van der Waals surface area contributed by atoms with Gasteiger partial charge in [0.2, 0.25) is 0 Å². The van der Waals surface area contributed by atoms with Crippen LogP contribution in [0.4, 0.5) is 0 Å². The number of hydrogen-bond acceptors (Lipinski definition) is 2. The molecule has 1 aliphatic carbocycles. The summed E-state index contributed by atoms with van der Waals surface area (Å²) >= 11 is 0. The van der Waals surface area contributed by atoms with Crippen molar-refractivity contribution < 1.29 is 0 Å². The summed E-state index contributed by atoms with van der Waals surface area (Å²) in [6.45, 7) is 13.9. The number of likely N-dealkylation sites (tertiary alicyclic amines) is 1. The number of nitrogens with one attached hydrogen (secondary N) is 1. The summed E-state index contributed by atoms with van der Waals surface area (Å²) in [5.41, 5.74) is 5.83. The summed E-state index contributed by atoms with van der Waals surface area (Å²) in [5, 5.41) is 3.32. The lowest BCUT2D eigenvalue weighted by Crippen LogP contribution is -2.41. The van der Waals surface area contributed by atoms with Gasteiger partial charge >= 0.3 is 0 Å². The zero-order valence-electron chi connectivity index (χ0n) is 15.4. The van der Waals surface area contributed by atoms with Crippen molar-refractivity contribution >= 4 is 5.84 Å². The molecule has 0 amide bonds. The average Bonchev–Trinajstić information content (AvgIpc) is 2.94. The molecule has 1 saturated heterocycles. The predicted molar refractivity (Wildman–Crippen MR) is 101 cm³/mol. The van der Waals surface area contributed by atoms with E-state index in [1.807, 2.05) is 7.05 Å². The van der Waals surface area contributed by atoms with Gasteiger partial charge in [0.05, 0.1) is 0 Å². The molecule has 3 heteroatoms. The van der Waals surface area contributed by atoms with Crippen LogP contribution >= 0.6 is 0 Å². The monoisotopic (exact) mass is 315 g/mol. The third-order valence-corrected chi connectivity index (χ3v) is 5.14. The van der Waals surface area contributed by atoms with Gasteiger partial charge < -0.3 is 10.2 Å². The van der Waals surface area contributed by atoms with Crippen molar-refractivity contribution in [3.05, 3.63) is 35.1 Å². The molecule has 0 spiro atoms. The van der Waals surface area contributed by atoms with Crippen LogP contribution in [0, 0.1) is 5.92 Å². The Labute approximate surface area is 142 Å². The van der Waals surface area contributed by atoms with Gasteiger partial charge in [0.1, 0.15) is 5.84 Å². The van der Waals surface area contributed by atoms with Crippen LogP contribution in [-0.2, 0) is 0 Å². The molecule has 0 aromatic heterocycles. The van der Waals surface area contributed by atoms with E-state index in [1.165, 1.54) is 48.8 Å². The summed E-state index contributed by atoms with van der Waals surface area (Å²) in [5.74, 6) is 1.95. The number of rotatable bonds is 5. The molecule has 0 aromatic carbocycles. The number of piperidine rings is 1. The second kappa shape index (κ2) is 8.49. The topological polar surface area (TPSA) is 27.6 Å². The van der Waals surface area contributed by atoms with Crippen molar-refractivity contribution in [2.24, 2.45) is 10.9 Å². The third-order valence-electron chi connectivity index (χ3n) is 5.14. The Morgan fingerprint density at radius 3 is 2.48 bits per heavy atom. The minimum atomic E-state index is 0.795. The first-order valence-electron chi connectivity index (χ1n) is 9.03. The highest BCUT2D eigenvalue weighted by Gasteiger charge is 2.27. The first kappa shape index (κ1) is 18.0. The zero-order valence-corrected chi connectivity index (χ0v) is 15.4. The van der Waals surface area contributed by atoms with E-state index in [0.29, 0.717) is 0 Å². The Morgan fingerprint density at radius 1 is 1.30 bits per heavy atom. The van der Waals surface area contributed by atoms with Gasteiger partial charge in [-0.2, -0.15) is 0 Å². The van der Waals surface area contributed by atoms with E-state index in [2.05, 4.69) is 37.6 Å². The highest BCUT2D eigenvalue weighted by atomic mass is 15.2. The fourth-order valence-corrected chi connectivity index (χ4v) is 3.92. The second-order valence-electron chi connectivity index (χ2n) is 7.11. The van der Waals surface area contributed by atoms with Crippen molar-refractivity contribution in [3.63, 3.8) is 0 Å². The van der Waals surface area contributed by atoms with Gasteiger partial charge in [-0.1, -0.05) is 17.7 Å². The molecule has 0 bridgehead atoms. The Hall–Kier alpha value is -1.35. The SMILES string of the molecule is C=CN=C(C(=C(C)C)C1=C(C)CCC1)N1CCC(CNC)CC1. The molecule has 1 fully saturated rings. The molecular formula is C20H33N3. The largest absolute Gasteiger partial charge is 0.356 e. The Kier molecular flexibility index (Phi) is 6.64. The van der Waals surface area contributed by atoms with Gasteiger partial charge in [-0.15, -0.1) is 0 Å². The molecule has 0 saturated carbocycles. The molecule has 1 N–H and O–H groups in total. The maximum absolute atomic E-state index is 4.72. The summed E-state index contributed by atoms with van der Waals surface area (Å²) in [6.07, 6.45) is 7.90. The Balaban J connectivity index is 2.24. The molecule has 0 radical (unpaired) electrons. The van der Waals surface area contributed by atoms with E-state index >= 15 is 0 Å². The number of amidine groups is 1. The average molecular weight is 316 g/mol. The van der Waals surface area contributed by atoms with E-state index in [4.69, 9.17) is 4.99 Å². The lowest BCUT2D eigenvalue weighted by Gasteiger charge is -2.35. The molecule has 0 atom stereocenters. The minimum absolute atomic E-state index is 0.795. The maximum Gasteiger partial charge on any atom is 0.135 e. The van der Waals surface area contributed by atoms with Crippen molar-refractivity contribution in [1.29, 1.82) is 0 Å². The van der Waals surface area contributed by atoms with Crippen molar-refractivity contribution in [2.45, 2.75) is 52.9 Å². The van der Waals surface area contributed by atoms with Gasteiger partial charge in [-0.25, -0.2) is 4.99 Å². The van der Waals surface area contributed by atoms with Crippen LogP contribution < -0.4 is 5.32 Å². The summed E-state index contributed by atoms with van der Waals surface area (Å²) in [6, 6.07) is 0. The number of allylic oxidation sites excluding steroid dienone is 2. The summed E-state index contributed by atoms with van der Waals surface area (Å²) in [7, 11) is 2.05. The Morgan fingerprint density at radius 2 is 2.00 bits per heavy atom. The van der Waals surface area contributed by atoms with Crippen LogP contribution in [0.1, 0.15) is 52.9 Å². The van der Waals surface area contributed by atoms with Gasteiger partial charge in [0.15, 0.2) is 0 Å². The highest BCUT2D eigenvalue weighted by Crippen LogP contribution is 2.34. The molecule has 1 aliphatic heterocycles. The molecule has 128 valence electrons. The van der Waals surface area contributed by atoms with Crippen LogP contribution in [0.3, 0.4) is 0 Å². The van der Waals surface area contributed by atoms with Crippen LogP contribution in [0.5, 0.6) is 0 Å². The third kappa shape index (κ3) is 4.35. The lowest BCUT2D eigenvalue weighted by atomic mass is 9.93. The Bertz CT molecular complexity index is 513. The van der Waals surface area contributed by atoms with E-state index in [0.717, 1.165) is 31.4 Å². The van der Waals surface area contributed by atoms with Crippen LogP contribution in [0.15, 0.2) is 40.1 Å². The number of hydrogen-bond donors (Lipinski definition) is 1. The molecular weight excluding hydrogens is 282 g/mol. The van der Waals surface area contributed by atoms with Gasteiger partial charge in [0.25, 0.3) is 0 Å². The van der Waals surface area contributed by atoms with E-state index in [1.54, 1.807) is 11.8 Å². The van der Waals surface area contributed by atoms with E-state index in [9.17, 15) is 0 Å². The fourth-order valence-electron chi connectivity index (χ4n) is 3.92. The fraction of sp³-hybridized carbons (Fsp3) is 0.650. The van der Waals surface area contributed by atoms with Crippen molar-refractivity contribution in [3.8, 4) is 0 Å². The van der Waals surface area contributed by atoms with E-state index in [-0.39, 0.29) is 0 Å². The quantitative estimate of drug-likeness (QED) is 0.605. The van der Waals surface area contributed by atoms with Crippen LogP contribution in [-0.4, -0.2) is 37.4 Å². The molecule has 3 nitrogen and oxygen atoms in total. The van der Waals surface area contributed by atoms with Gasteiger partial charge in [-0.3, -0.25) is 0 Å². The zero-order chi connectivity index (χ0) is 16.8. The predicted octanol–water partition coefficient (Wildman–Crippen LogP) is 4.30. The molecule has 0 unspecified atom stereocenters. The van der Waals surface area contributed by atoms with Crippen LogP contribution in [0.25, 0.3) is 0 Å². The van der Waals surface area contributed by atoms with Gasteiger partial charge in [-0.05, 0) is 78.0 Å². The van der Waals surface area contributed by atoms with Crippen LogP contribution in [0.2, 0.25) is 0 Å². The summed E-state index contributed by atoms with van der Waals surface area (Å²) in [4.78, 5) is 7.20. The van der Waals surface area contributed by atoms with E-state index < -0.39 is 0 Å². The lowest BCUT2D eigenvalue weighted by molar-refractivity contribution is 0.263.